The predicted octanol–water partition coefficient (Wildman–Crippen LogP) is 5.47. The number of likely N-dealkylation sites (tertiary alicyclic amines) is 1. The first-order chi connectivity index (χ1) is 18.2. The summed E-state index contributed by atoms with van der Waals surface area (Å²) in [6, 6.07) is 7.75. The third kappa shape index (κ3) is 5.91. The predicted molar refractivity (Wildman–Crippen MR) is 148 cm³/mol. The van der Waals surface area contributed by atoms with Crippen molar-refractivity contribution in [3.8, 4) is 0 Å². The Morgan fingerprint density at radius 2 is 1.67 bits per heavy atom. The molecule has 0 radical (unpaired) electrons. The molecule has 2 N–H and O–H groups in total. The van der Waals surface area contributed by atoms with Gasteiger partial charge in [0.05, 0.1) is 5.52 Å². The summed E-state index contributed by atoms with van der Waals surface area (Å²) in [4.78, 5) is 36.0. The minimum Gasteiger partial charge on any atom is -0.444 e. The molecule has 0 aromatic carbocycles. The lowest BCUT2D eigenvalue weighted by atomic mass is 9.61. The van der Waals surface area contributed by atoms with Gasteiger partial charge in [0.15, 0.2) is 5.82 Å². The fourth-order valence-electron chi connectivity index (χ4n) is 5.16. The van der Waals surface area contributed by atoms with Crippen LogP contribution in [0.4, 0.5) is 27.0 Å². The number of carbonyl (C=O) groups excluding carboxylic acids is 2. The molecular formula is C28H37N7O4. The maximum absolute atomic E-state index is 12.5. The standard InChI is InChI=1S/C28H37N7O4/c1-17-11-22(33-35(17)25(37)39-27(5,6)7)31-21-12-20-19(9-8-10-29-20)23(32-21)30-18-13-28(14-18)15-34(16-28)24(36)38-26(2,3)4/h8-12,18H,13-16H2,1-7H3,(H2,30,31,32,33). The largest absolute Gasteiger partial charge is 0.444 e. The highest BCUT2D eigenvalue weighted by Gasteiger charge is 2.54. The number of ether oxygens (including phenoxy) is 2. The van der Waals surface area contributed by atoms with E-state index in [1.54, 1.807) is 24.1 Å². The zero-order valence-corrected chi connectivity index (χ0v) is 23.7. The number of fused-ring (bicyclic) bond motifs is 1. The van der Waals surface area contributed by atoms with Crippen LogP contribution in [0.5, 0.6) is 0 Å². The van der Waals surface area contributed by atoms with E-state index in [4.69, 9.17) is 14.5 Å². The van der Waals surface area contributed by atoms with Gasteiger partial charge in [-0.05, 0) is 73.4 Å². The summed E-state index contributed by atoms with van der Waals surface area (Å²) in [6.07, 6.45) is 2.87. The Hall–Kier alpha value is -3.89. The number of rotatable bonds is 4. The van der Waals surface area contributed by atoms with Crippen LogP contribution in [0.15, 0.2) is 30.5 Å². The highest BCUT2D eigenvalue weighted by molar-refractivity contribution is 5.91. The van der Waals surface area contributed by atoms with Crippen molar-refractivity contribution in [3.63, 3.8) is 0 Å². The van der Waals surface area contributed by atoms with Crippen LogP contribution in [-0.4, -0.2) is 67.2 Å². The van der Waals surface area contributed by atoms with Crippen LogP contribution >= 0.6 is 0 Å². The molecule has 0 bridgehead atoms. The average Bonchev–Trinajstić information content (AvgIpc) is 3.11. The van der Waals surface area contributed by atoms with Gasteiger partial charge in [0.2, 0.25) is 0 Å². The van der Waals surface area contributed by atoms with Crippen LogP contribution < -0.4 is 10.6 Å². The minimum atomic E-state index is -0.622. The Bertz CT molecular complexity index is 1410. The van der Waals surface area contributed by atoms with E-state index in [-0.39, 0.29) is 17.6 Å². The van der Waals surface area contributed by atoms with Gasteiger partial charge in [0.1, 0.15) is 22.8 Å². The van der Waals surface area contributed by atoms with Crippen LogP contribution in [0, 0.1) is 12.3 Å². The van der Waals surface area contributed by atoms with Gasteiger partial charge in [-0.15, -0.1) is 5.10 Å². The van der Waals surface area contributed by atoms with Crippen LogP contribution in [0.2, 0.25) is 0 Å². The van der Waals surface area contributed by atoms with E-state index < -0.39 is 17.3 Å². The molecular weight excluding hydrogens is 498 g/mol. The summed E-state index contributed by atoms with van der Waals surface area (Å²) in [5.74, 6) is 1.77. The molecule has 1 aliphatic carbocycles. The number of aryl methyl sites for hydroxylation is 1. The molecule has 2 fully saturated rings. The van der Waals surface area contributed by atoms with E-state index in [2.05, 4.69) is 20.7 Å². The van der Waals surface area contributed by atoms with Crippen molar-refractivity contribution in [2.45, 2.75) is 78.6 Å². The number of nitrogens with one attached hydrogen (secondary N) is 2. The van der Waals surface area contributed by atoms with Gasteiger partial charge in [-0.25, -0.2) is 14.6 Å². The van der Waals surface area contributed by atoms with Crippen LogP contribution in [0.3, 0.4) is 0 Å². The second-order valence-electron chi connectivity index (χ2n) is 12.7. The third-order valence-electron chi connectivity index (χ3n) is 6.71. The van der Waals surface area contributed by atoms with Crippen molar-refractivity contribution in [1.82, 2.24) is 24.6 Å². The molecule has 4 heterocycles. The molecule has 2 aliphatic rings. The molecule has 39 heavy (non-hydrogen) atoms. The normalized spacial score (nSPS) is 16.9. The topological polar surface area (TPSA) is 124 Å². The van der Waals surface area contributed by atoms with E-state index in [0.29, 0.717) is 17.3 Å². The molecule has 1 saturated carbocycles. The highest BCUT2D eigenvalue weighted by atomic mass is 16.6. The van der Waals surface area contributed by atoms with Crippen molar-refractivity contribution >= 4 is 40.5 Å². The van der Waals surface area contributed by atoms with Gasteiger partial charge in [-0.1, -0.05) is 0 Å². The molecule has 11 nitrogen and oxygen atoms in total. The van der Waals surface area contributed by atoms with Crippen LogP contribution in [-0.2, 0) is 9.47 Å². The Labute approximate surface area is 228 Å². The van der Waals surface area contributed by atoms with Crippen LogP contribution in [0.1, 0.15) is 60.1 Å². The van der Waals surface area contributed by atoms with Crippen LogP contribution in [0.25, 0.3) is 10.9 Å². The molecule has 1 aliphatic heterocycles. The summed E-state index contributed by atoms with van der Waals surface area (Å²) in [5, 5.41) is 12.1. The Balaban J connectivity index is 1.26. The van der Waals surface area contributed by atoms with Crippen molar-refractivity contribution < 1.29 is 19.1 Å². The molecule has 3 aromatic rings. The van der Waals surface area contributed by atoms with Gasteiger partial charge >= 0.3 is 12.2 Å². The number of anilines is 3. The molecule has 1 spiro atoms. The van der Waals surface area contributed by atoms with Gasteiger partial charge < -0.3 is 25.0 Å². The SMILES string of the molecule is Cc1cc(Nc2cc3ncccc3c(NC3CC4(C3)CN(C(=O)OC(C)(C)C)C4)n2)nn1C(=O)OC(C)(C)C. The van der Waals surface area contributed by atoms with E-state index in [9.17, 15) is 9.59 Å². The first-order valence-corrected chi connectivity index (χ1v) is 13.3. The fraction of sp³-hybridized carbons (Fsp3) is 0.536. The van der Waals surface area contributed by atoms with Gasteiger partial charge in [0, 0.05) is 54.0 Å². The Morgan fingerprint density at radius 1 is 1.00 bits per heavy atom. The summed E-state index contributed by atoms with van der Waals surface area (Å²) in [5.41, 5.74) is 0.461. The van der Waals surface area contributed by atoms with Gasteiger partial charge in [-0.3, -0.25) is 4.98 Å². The molecule has 1 saturated heterocycles. The van der Waals surface area contributed by atoms with Crippen molar-refractivity contribution in [2.75, 3.05) is 23.7 Å². The number of hydrogen-bond acceptors (Lipinski definition) is 9. The molecule has 0 atom stereocenters. The van der Waals surface area contributed by atoms with Crippen molar-refractivity contribution in [2.24, 2.45) is 5.41 Å². The summed E-state index contributed by atoms with van der Waals surface area (Å²) in [7, 11) is 0. The Kier molecular flexibility index (Phi) is 6.43. The lowest BCUT2D eigenvalue weighted by Crippen LogP contribution is -2.66. The summed E-state index contributed by atoms with van der Waals surface area (Å²) >= 11 is 0. The highest BCUT2D eigenvalue weighted by Crippen LogP contribution is 2.49. The molecule has 11 heteroatoms. The monoisotopic (exact) mass is 535 g/mol. The number of nitrogens with zero attached hydrogens (tertiary/aromatic N) is 5. The first kappa shape index (κ1) is 26.7. The fourth-order valence-corrected chi connectivity index (χ4v) is 5.16. The summed E-state index contributed by atoms with van der Waals surface area (Å²) in [6.45, 7) is 14.3. The van der Waals surface area contributed by atoms with Crippen molar-refractivity contribution in [3.05, 3.63) is 36.2 Å². The lowest BCUT2D eigenvalue weighted by molar-refractivity contribution is -0.0738. The van der Waals surface area contributed by atoms with Crippen molar-refractivity contribution in [1.29, 1.82) is 0 Å². The number of hydrogen-bond donors (Lipinski definition) is 2. The lowest BCUT2D eigenvalue weighted by Gasteiger charge is -2.58. The van der Waals surface area contributed by atoms with E-state index in [1.807, 2.05) is 59.7 Å². The zero-order valence-electron chi connectivity index (χ0n) is 23.7. The maximum Gasteiger partial charge on any atom is 0.435 e. The number of amides is 1. The average molecular weight is 536 g/mol. The number of aromatic nitrogens is 4. The molecule has 5 rings (SSSR count). The zero-order chi connectivity index (χ0) is 28.2. The quantitative estimate of drug-likeness (QED) is 0.447. The summed E-state index contributed by atoms with van der Waals surface area (Å²) < 4.78 is 12.2. The van der Waals surface area contributed by atoms with E-state index in [1.165, 1.54) is 4.68 Å². The Morgan fingerprint density at radius 3 is 2.33 bits per heavy atom. The third-order valence-corrected chi connectivity index (χ3v) is 6.71. The first-order valence-electron chi connectivity index (χ1n) is 13.3. The molecule has 3 aromatic heterocycles. The second-order valence-corrected chi connectivity index (χ2v) is 12.7. The maximum atomic E-state index is 12.5. The number of pyridine rings is 2. The van der Waals surface area contributed by atoms with Gasteiger partial charge in [-0.2, -0.15) is 4.68 Å². The van der Waals surface area contributed by atoms with E-state index in [0.717, 1.165) is 42.7 Å². The number of carbonyl (C=O) groups is 2. The smallest absolute Gasteiger partial charge is 0.435 e. The second kappa shape index (κ2) is 9.39. The minimum absolute atomic E-state index is 0.143. The van der Waals surface area contributed by atoms with Gasteiger partial charge in [0.25, 0.3) is 0 Å². The molecule has 0 unspecified atom stereocenters. The molecule has 1 amide bonds. The molecule has 208 valence electrons. The van der Waals surface area contributed by atoms with E-state index >= 15 is 0 Å².